The molecule has 0 amide bonds. The highest BCUT2D eigenvalue weighted by molar-refractivity contribution is 5.96. The van der Waals surface area contributed by atoms with E-state index in [1.54, 1.807) is 13.8 Å². The molecule has 1 unspecified atom stereocenters. The number of aliphatic imine (C=N–C) groups is 1. The van der Waals surface area contributed by atoms with E-state index in [1.165, 1.54) is 57.1 Å². The SMILES string of the molecule is CCCCCC1CC[C@@H]2C[C@H](c3cc(F)c(-c4cc(F)c(C5=NC(C)(C)CO5)c(F)c4)c(F)c3)CC[C@@H]2C1. The fraction of sp³-hybridized carbons (Fsp3) is 0.594. The van der Waals surface area contributed by atoms with Crippen LogP contribution in [0.2, 0.25) is 0 Å². The van der Waals surface area contributed by atoms with Crippen LogP contribution in [0.15, 0.2) is 29.3 Å². The lowest BCUT2D eigenvalue weighted by Gasteiger charge is -2.42. The van der Waals surface area contributed by atoms with Gasteiger partial charge < -0.3 is 4.74 Å². The second-order valence-electron chi connectivity index (χ2n) is 12.4. The molecule has 2 aliphatic carbocycles. The van der Waals surface area contributed by atoms with Gasteiger partial charge in [-0.05, 0) is 105 Å². The molecule has 0 saturated heterocycles. The number of unbranched alkanes of at least 4 members (excludes halogenated alkanes) is 2. The summed E-state index contributed by atoms with van der Waals surface area (Å²) < 4.78 is 65.9. The molecule has 2 fully saturated rings. The number of nitrogens with zero attached hydrogens (tertiary/aromatic N) is 1. The van der Waals surface area contributed by atoms with Crippen molar-refractivity contribution in [2.24, 2.45) is 22.7 Å². The molecule has 2 nitrogen and oxygen atoms in total. The van der Waals surface area contributed by atoms with E-state index in [1.807, 2.05) is 0 Å². The van der Waals surface area contributed by atoms with Crippen LogP contribution in [-0.2, 0) is 4.74 Å². The zero-order chi connectivity index (χ0) is 27.0. The van der Waals surface area contributed by atoms with E-state index in [9.17, 15) is 8.78 Å². The Morgan fingerprint density at radius 2 is 1.45 bits per heavy atom. The van der Waals surface area contributed by atoms with E-state index >= 15 is 8.78 Å². The molecule has 0 aromatic heterocycles. The highest BCUT2D eigenvalue weighted by atomic mass is 19.1. The second-order valence-corrected chi connectivity index (χ2v) is 12.4. The fourth-order valence-electron chi connectivity index (χ4n) is 6.97. The standard InChI is InChI=1S/C32H39F4NO/c1-4-5-6-7-19-8-9-21-13-22(11-10-20(21)12-19)23-14-25(33)29(26(34)15-23)24-16-27(35)30(28(36)17-24)31-37-32(2,3)18-38-31/h14-17,19-22H,4-13,18H2,1-3H3/t19?,20-,21-,22-/m1/s1. The summed E-state index contributed by atoms with van der Waals surface area (Å²) in [7, 11) is 0. The molecule has 1 aliphatic heterocycles. The lowest BCUT2D eigenvalue weighted by molar-refractivity contribution is 0.113. The number of halogens is 4. The number of rotatable bonds is 7. The monoisotopic (exact) mass is 529 g/mol. The minimum atomic E-state index is -0.956. The molecule has 6 heteroatoms. The molecule has 0 radical (unpaired) electrons. The van der Waals surface area contributed by atoms with Crippen LogP contribution in [0.1, 0.15) is 102 Å². The van der Waals surface area contributed by atoms with Gasteiger partial charge in [0, 0.05) is 0 Å². The summed E-state index contributed by atoms with van der Waals surface area (Å²) in [6.45, 7) is 6.03. The van der Waals surface area contributed by atoms with Gasteiger partial charge in [-0.3, -0.25) is 0 Å². The second kappa shape index (κ2) is 11.0. The number of fused-ring (bicyclic) bond motifs is 1. The Labute approximate surface area is 223 Å². The van der Waals surface area contributed by atoms with Gasteiger partial charge in [-0.1, -0.05) is 39.0 Å². The molecular weight excluding hydrogens is 490 g/mol. The molecule has 5 rings (SSSR count). The van der Waals surface area contributed by atoms with Gasteiger partial charge in [0.2, 0.25) is 5.90 Å². The first-order valence-corrected chi connectivity index (χ1v) is 14.4. The molecule has 2 aromatic rings. The molecule has 206 valence electrons. The van der Waals surface area contributed by atoms with Gasteiger partial charge >= 0.3 is 0 Å². The van der Waals surface area contributed by atoms with Crippen LogP contribution in [0.25, 0.3) is 11.1 Å². The third-order valence-corrected chi connectivity index (χ3v) is 8.98. The Balaban J connectivity index is 1.32. The molecule has 0 bridgehead atoms. The molecule has 3 aliphatic rings. The van der Waals surface area contributed by atoms with Gasteiger partial charge in [0.25, 0.3) is 0 Å². The summed E-state index contributed by atoms with van der Waals surface area (Å²) >= 11 is 0. The molecule has 0 spiro atoms. The number of hydrogen-bond acceptors (Lipinski definition) is 2. The predicted octanol–water partition coefficient (Wildman–Crippen LogP) is 9.35. The van der Waals surface area contributed by atoms with Crippen LogP contribution in [0.3, 0.4) is 0 Å². The van der Waals surface area contributed by atoms with Crippen molar-refractivity contribution in [3.05, 3.63) is 58.7 Å². The maximum Gasteiger partial charge on any atom is 0.222 e. The summed E-state index contributed by atoms with van der Waals surface area (Å²) in [6.07, 6.45) is 12.0. The maximum absolute atomic E-state index is 15.3. The van der Waals surface area contributed by atoms with Crippen molar-refractivity contribution in [3.8, 4) is 11.1 Å². The zero-order valence-corrected chi connectivity index (χ0v) is 22.8. The summed E-state index contributed by atoms with van der Waals surface area (Å²) in [5.41, 5.74) is -0.926. The predicted molar refractivity (Wildman–Crippen MR) is 143 cm³/mol. The highest BCUT2D eigenvalue weighted by Crippen LogP contribution is 2.49. The molecule has 2 saturated carbocycles. The highest BCUT2D eigenvalue weighted by Gasteiger charge is 2.36. The summed E-state index contributed by atoms with van der Waals surface area (Å²) in [4.78, 5) is 4.23. The summed E-state index contributed by atoms with van der Waals surface area (Å²) in [6, 6.07) is 4.66. The largest absolute Gasteiger partial charge is 0.475 e. The minimum Gasteiger partial charge on any atom is -0.475 e. The third-order valence-electron chi connectivity index (χ3n) is 8.98. The van der Waals surface area contributed by atoms with Crippen LogP contribution in [0.5, 0.6) is 0 Å². The van der Waals surface area contributed by atoms with Crippen molar-refractivity contribution in [1.29, 1.82) is 0 Å². The number of benzene rings is 2. The smallest absolute Gasteiger partial charge is 0.222 e. The normalized spacial score (nSPS) is 26.6. The quantitative estimate of drug-likeness (QED) is 0.259. The fourth-order valence-corrected chi connectivity index (χ4v) is 6.97. The van der Waals surface area contributed by atoms with Crippen molar-refractivity contribution >= 4 is 5.90 Å². The van der Waals surface area contributed by atoms with Crippen LogP contribution in [-0.4, -0.2) is 18.0 Å². The molecular formula is C32H39F4NO. The Hall–Kier alpha value is -2.37. The molecule has 0 N–H and O–H groups in total. The van der Waals surface area contributed by atoms with E-state index < -0.39 is 39.9 Å². The number of hydrogen-bond donors (Lipinski definition) is 0. The topological polar surface area (TPSA) is 21.6 Å². The first-order valence-electron chi connectivity index (χ1n) is 14.4. The Morgan fingerprint density at radius 3 is 2.08 bits per heavy atom. The lowest BCUT2D eigenvalue weighted by Crippen LogP contribution is -2.30. The maximum atomic E-state index is 15.3. The third kappa shape index (κ3) is 5.65. The van der Waals surface area contributed by atoms with Gasteiger partial charge in [0.05, 0.1) is 11.1 Å². The first kappa shape index (κ1) is 27.2. The van der Waals surface area contributed by atoms with Crippen LogP contribution in [0.4, 0.5) is 17.6 Å². The van der Waals surface area contributed by atoms with Gasteiger partial charge in [-0.15, -0.1) is 0 Å². The summed E-state index contributed by atoms with van der Waals surface area (Å²) in [5, 5.41) is 0. The minimum absolute atomic E-state index is 0.114. The van der Waals surface area contributed by atoms with Crippen LogP contribution in [0, 0.1) is 41.0 Å². The van der Waals surface area contributed by atoms with Gasteiger partial charge in [0.1, 0.15) is 35.4 Å². The molecule has 2 aromatic carbocycles. The van der Waals surface area contributed by atoms with Crippen LogP contribution >= 0.6 is 0 Å². The molecule has 38 heavy (non-hydrogen) atoms. The Kier molecular flexibility index (Phi) is 7.89. The van der Waals surface area contributed by atoms with Crippen molar-refractivity contribution in [1.82, 2.24) is 0 Å². The van der Waals surface area contributed by atoms with Gasteiger partial charge in [-0.25, -0.2) is 22.6 Å². The average Bonchev–Trinajstić information content (AvgIpc) is 3.22. The zero-order valence-electron chi connectivity index (χ0n) is 22.8. The molecule has 1 heterocycles. The van der Waals surface area contributed by atoms with Gasteiger partial charge in [0.15, 0.2) is 0 Å². The van der Waals surface area contributed by atoms with Crippen LogP contribution < -0.4 is 0 Å². The van der Waals surface area contributed by atoms with E-state index in [4.69, 9.17) is 4.74 Å². The van der Waals surface area contributed by atoms with Crippen molar-refractivity contribution in [2.45, 2.75) is 96.4 Å². The number of ether oxygens (including phenoxy) is 1. The van der Waals surface area contributed by atoms with E-state index in [2.05, 4.69) is 11.9 Å². The van der Waals surface area contributed by atoms with Crippen molar-refractivity contribution < 1.29 is 22.3 Å². The molecule has 4 atom stereocenters. The summed E-state index contributed by atoms with van der Waals surface area (Å²) in [5.74, 6) is -1.33. The van der Waals surface area contributed by atoms with Gasteiger partial charge in [-0.2, -0.15) is 0 Å². The van der Waals surface area contributed by atoms with E-state index in [0.717, 1.165) is 43.2 Å². The van der Waals surface area contributed by atoms with E-state index in [-0.39, 0.29) is 24.0 Å². The Morgan fingerprint density at radius 1 is 0.816 bits per heavy atom. The van der Waals surface area contributed by atoms with Crippen molar-refractivity contribution in [3.63, 3.8) is 0 Å². The first-order chi connectivity index (χ1) is 18.1. The van der Waals surface area contributed by atoms with E-state index in [0.29, 0.717) is 11.5 Å². The Bertz CT molecular complexity index is 1160. The van der Waals surface area contributed by atoms with Crippen molar-refractivity contribution in [2.75, 3.05) is 6.61 Å². The lowest BCUT2D eigenvalue weighted by atomic mass is 9.63. The average molecular weight is 530 g/mol.